The number of ether oxygens (including phenoxy) is 1. The van der Waals surface area contributed by atoms with E-state index >= 15 is 0 Å². The summed E-state index contributed by atoms with van der Waals surface area (Å²) in [5, 5.41) is 0. The fourth-order valence-corrected chi connectivity index (χ4v) is 3.51. The Morgan fingerprint density at radius 1 is 1.38 bits per heavy atom. The lowest BCUT2D eigenvalue weighted by atomic mass is 10.1. The van der Waals surface area contributed by atoms with Crippen molar-refractivity contribution in [1.29, 1.82) is 0 Å². The quantitative estimate of drug-likeness (QED) is 0.817. The predicted molar refractivity (Wildman–Crippen MR) is 89.8 cm³/mol. The number of rotatable bonds is 5. The molecular formula is C15H17BrN2O2S. The number of hydrogen-bond donors (Lipinski definition) is 1. The fraction of sp³-hybridized carbons (Fsp3) is 0.267. The Bertz CT molecular complexity index is 642. The first-order valence-electron chi connectivity index (χ1n) is 6.52. The van der Waals surface area contributed by atoms with Gasteiger partial charge in [-0.05, 0) is 53.2 Å². The Hall–Kier alpha value is -1.53. The Balaban J connectivity index is 2.25. The molecule has 0 fully saturated rings. The van der Waals surface area contributed by atoms with Crippen molar-refractivity contribution in [2.24, 2.45) is 0 Å². The van der Waals surface area contributed by atoms with Crippen LogP contribution in [0.15, 0.2) is 34.1 Å². The Morgan fingerprint density at radius 3 is 2.71 bits per heavy atom. The van der Waals surface area contributed by atoms with Gasteiger partial charge in [0.05, 0.1) is 23.0 Å². The summed E-state index contributed by atoms with van der Waals surface area (Å²) >= 11 is 5.06. The van der Waals surface area contributed by atoms with Gasteiger partial charge in [0.1, 0.15) is 5.75 Å². The molecule has 0 saturated heterocycles. The van der Waals surface area contributed by atoms with Gasteiger partial charge in [0, 0.05) is 17.1 Å². The monoisotopic (exact) mass is 368 g/mol. The number of nitrogens with two attached hydrogens (primary N) is 1. The van der Waals surface area contributed by atoms with E-state index in [1.165, 1.54) is 0 Å². The molecule has 0 aliphatic rings. The normalized spacial score (nSPS) is 10.4. The maximum absolute atomic E-state index is 12.7. The zero-order valence-electron chi connectivity index (χ0n) is 11.9. The van der Waals surface area contributed by atoms with Crippen LogP contribution in [0, 0.1) is 0 Å². The van der Waals surface area contributed by atoms with E-state index in [-0.39, 0.29) is 5.91 Å². The molecule has 1 amide bonds. The molecule has 0 aliphatic carbocycles. The maximum Gasteiger partial charge on any atom is 0.258 e. The predicted octanol–water partition coefficient (Wildman–Crippen LogP) is 3.76. The van der Waals surface area contributed by atoms with Crippen LogP contribution in [0.2, 0.25) is 0 Å². The molecule has 0 unspecified atom stereocenters. The molecule has 6 heteroatoms. The van der Waals surface area contributed by atoms with Gasteiger partial charge in [-0.2, -0.15) is 0 Å². The van der Waals surface area contributed by atoms with E-state index in [2.05, 4.69) is 15.9 Å². The van der Waals surface area contributed by atoms with Gasteiger partial charge >= 0.3 is 0 Å². The molecule has 2 aromatic rings. The fourth-order valence-electron chi connectivity index (χ4n) is 2.02. The Kier molecular flexibility index (Phi) is 5.25. The summed E-state index contributed by atoms with van der Waals surface area (Å²) in [6.45, 7) is 3.15. The average Bonchev–Trinajstić information content (AvgIpc) is 2.89. The van der Waals surface area contributed by atoms with Gasteiger partial charge in [0.2, 0.25) is 0 Å². The van der Waals surface area contributed by atoms with Crippen molar-refractivity contribution >= 4 is 38.9 Å². The van der Waals surface area contributed by atoms with Crippen LogP contribution in [0.5, 0.6) is 5.75 Å². The topological polar surface area (TPSA) is 55.6 Å². The largest absolute Gasteiger partial charge is 0.496 e. The second-order valence-corrected chi connectivity index (χ2v) is 7.03. The summed E-state index contributed by atoms with van der Waals surface area (Å²) in [5.74, 6) is 0.464. The van der Waals surface area contributed by atoms with E-state index in [0.717, 1.165) is 8.66 Å². The lowest BCUT2D eigenvalue weighted by Gasteiger charge is -2.21. The molecule has 21 heavy (non-hydrogen) atoms. The van der Waals surface area contributed by atoms with Gasteiger partial charge in [-0.25, -0.2) is 0 Å². The molecule has 1 aromatic carbocycles. The highest BCUT2D eigenvalue weighted by molar-refractivity contribution is 9.11. The number of nitrogen functional groups attached to an aromatic ring is 1. The van der Waals surface area contributed by atoms with E-state index in [1.807, 2.05) is 19.1 Å². The standard InChI is InChI=1S/C15H17BrN2O2S/c1-3-18(9-11-5-7-14(16)21-11)15(19)12-8-10(17)4-6-13(12)20-2/h4-8H,3,9,17H2,1-2H3. The van der Waals surface area contributed by atoms with Crippen LogP contribution < -0.4 is 10.5 Å². The molecular weight excluding hydrogens is 352 g/mol. The number of amides is 1. The van der Waals surface area contributed by atoms with Crippen LogP contribution in [0.3, 0.4) is 0 Å². The summed E-state index contributed by atoms with van der Waals surface area (Å²) in [4.78, 5) is 15.6. The summed E-state index contributed by atoms with van der Waals surface area (Å²) < 4.78 is 6.32. The van der Waals surface area contributed by atoms with Crippen molar-refractivity contribution in [3.8, 4) is 5.75 Å². The molecule has 1 heterocycles. The summed E-state index contributed by atoms with van der Waals surface area (Å²) in [6, 6.07) is 9.11. The second-order valence-electron chi connectivity index (χ2n) is 4.48. The molecule has 1 aromatic heterocycles. The number of hydrogen-bond acceptors (Lipinski definition) is 4. The third-order valence-corrected chi connectivity index (χ3v) is 4.71. The molecule has 0 aliphatic heterocycles. The van der Waals surface area contributed by atoms with E-state index < -0.39 is 0 Å². The van der Waals surface area contributed by atoms with Crippen LogP contribution in [-0.2, 0) is 6.54 Å². The third kappa shape index (κ3) is 3.77. The van der Waals surface area contributed by atoms with Gasteiger partial charge < -0.3 is 15.4 Å². The van der Waals surface area contributed by atoms with Crippen molar-refractivity contribution in [1.82, 2.24) is 4.90 Å². The summed E-state index contributed by atoms with van der Waals surface area (Å²) in [5.41, 5.74) is 6.83. The zero-order chi connectivity index (χ0) is 15.4. The maximum atomic E-state index is 12.7. The van der Waals surface area contributed by atoms with E-state index in [0.29, 0.717) is 30.1 Å². The molecule has 112 valence electrons. The SMILES string of the molecule is CCN(Cc1ccc(Br)s1)C(=O)c1cc(N)ccc1OC. The lowest BCUT2D eigenvalue weighted by Crippen LogP contribution is -2.30. The number of halogens is 1. The molecule has 2 rings (SSSR count). The van der Waals surface area contributed by atoms with Crippen LogP contribution in [-0.4, -0.2) is 24.5 Å². The van der Waals surface area contributed by atoms with Crippen LogP contribution in [0.25, 0.3) is 0 Å². The minimum Gasteiger partial charge on any atom is -0.496 e. The van der Waals surface area contributed by atoms with Gasteiger partial charge in [0.25, 0.3) is 5.91 Å². The molecule has 0 atom stereocenters. The van der Waals surface area contributed by atoms with E-state index in [1.54, 1.807) is 41.5 Å². The second kappa shape index (κ2) is 6.95. The van der Waals surface area contributed by atoms with Crippen LogP contribution in [0.1, 0.15) is 22.2 Å². The van der Waals surface area contributed by atoms with Gasteiger partial charge in [-0.3, -0.25) is 4.79 Å². The number of benzene rings is 1. The van der Waals surface area contributed by atoms with Crippen LogP contribution >= 0.6 is 27.3 Å². The van der Waals surface area contributed by atoms with Crippen molar-refractivity contribution in [3.05, 3.63) is 44.6 Å². The van der Waals surface area contributed by atoms with Gasteiger partial charge in [-0.1, -0.05) is 0 Å². The van der Waals surface area contributed by atoms with Crippen molar-refractivity contribution in [2.45, 2.75) is 13.5 Å². The number of carbonyl (C=O) groups is 1. The number of anilines is 1. The molecule has 0 radical (unpaired) electrons. The average molecular weight is 369 g/mol. The molecule has 2 N–H and O–H groups in total. The first kappa shape index (κ1) is 15.9. The molecule has 0 saturated carbocycles. The number of nitrogens with zero attached hydrogens (tertiary/aromatic N) is 1. The van der Waals surface area contributed by atoms with Gasteiger partial charge in [0.15, 0.2) is 0 Å². The third-order valence-electron chi connectivity index (χ3n) is 3.10. The van der Waals surface area contributed by atoms with Gasteiger partial charge in [-0.15, -0.1) is 11.3 Å². The Morgan fingerprint density at radius 2 is 2.14 bits per heavy atom. The zero-order valence-corrected chi connectivity index (χ0v) is 14.3. The number of methoxy groups -OCH3 is 1. The highest BCUT2D eigenvalue weighted by Gasteiger charge is 2.19. The smallest absolute Gasteiger partial charge is 0.258 e. The van der Waals surface area contributed by atoms with Crippen molar-refractivity contribution in [3.63, 3.8) is 0 Å². The van der Waals surface area contributed by atoms with Crippen molar-refractivity contribution in [2.75, 3.05) is 19.4 Å². The molecule has 0 bridgehead atoms. The van der Waals surface area contributed by atoms with E-state index in [4.69, 9.17) is 10.5 Å². The highest BCUT2D eigenvalue weighted by atomic mass is 79.9. The lowest BCUT2D eigenvalue weighted by molar-refractivity contribution is 0.0751. The first-order valence-corrected chi connectivity index (χ1v) is 8.13. The summed E-state index contributed by atoms with van der Waals surface area (Å²) in [6.07, 6.45) is 0. The Labute approximate surface area is 136 Å². The van der Waals surface area contributed by atoms with Crippen molar-refractivity contribution < 1.29 is 9.53 Å². The number of thiophene rings is 1. The van der Waals surface area contributed by atoms with Crippen LogP contribution in [0.4, 0.5) is 5.69 Å². The minimum atomic E-state index is -0.0776. The molecule has 4 nitrogen and oxygen atoms in total. The highest BCUT2D eigenvalue weighted by Crippen LogP contribution is 2.26. The summed E-state index contributed by atoms with van der Waals surface area (Å²) in [7, 11) is 1.55. The minimum absolute atomic E-state index is 0.0776. The first-order chi connectivity index (χ1) is 10.0. The van der Waals surface area contributed by atoms with E-state index in [9.17, 15) is 4.79 Å². The number of carbonyl (C=O) groups excluding carboxylic acids is 1. The molecule has 0 spiro atoms.